The van der Waals surface area contributed by atoms with Crippen molar-refractivity contribution in [1.29, 1.82) is 0 Å². The highest BCUT2D eigenvalue weighted by Crippen LogP contribution is 2.00. The molecule has 1 aromatic heterocycles. The minimum atomic E-state index is -0.108. The van der Waals surface area contributed by atoms with Gasteiger partial charge in [-0.25, -0.2) is 4.98 Å². The standard InChI is InChI=1S/C10H20N4O/c1-8(2)6-15-5-4-14-7-12-10(13-14)9(3)11/h7-9H,4-6,11H2,1-3H3. The van der Waals surface area contributed by atoms with Gasteiger partial charge >= 0.3 is 0 Å². The molecule has 0 saturated heterocycles. The van der Waals surface area contributed by atoms with Crippen molar-refractivity contribution in [2.24, 2.45) is 11.7 Å². The van der Waals surface area contributed by atoms with E-state index in [0.717, 1.165) is 13.2 Å². The maximum Gasteiger partial charge on any atom is 0.166 e. The van der Waals surface area contributed by atoms with Crippen LogP contribution in [0, 0.1) is 5.92 Å². The van der Waals surface area contributed by atoms with Crippen LogP contribution < -0.4 is 5.73 Å². The Balaban J connectivity index is 2.26. The van der Waals surface area contributed by atoms with Crippen LogP contribution in [-0.2, 0) is 11.3 Å². The summed E-state index contributed by atoms with van der Waals surface area (Å²) in [7, 11) is 0. The molecule has 0 aliphatic heterocycles. The summed E-state index contributed by atoms with van der Waals surface area (Å²) in [6.45, 7) is 8.31. The molecule has 2 N–H and O–H groups in total. The Morgan fingerprint density at radius 1 is 1.47 bits per heavy atom. The van der Waals surface area contributed by atoms with Gasteiger partial charge in [0.05, 0.1) is 19.2 Å². The third kappa shape index (κ3) is 4.40. The van der Waals surface area contributed by atoms with E-state index in [9.17, 15) is 0 Å². The van der Waals surface area contributed by atoms with Crippen LogP contribution >= 0.6 is 0 Å². The lowest BCUT2D eigenvalue weighted by molar-refractivity contribution is 0.101. The molecule has 0 aromatic carbocycles. The minimum absolute atomic E-state index is 0.108. The third-order valence-corrected chi connectivity index (χ3v) is 1.88. The van der Waals surface area contributed by atoms with E-state index in [4.69, 9.17) is 10.5 Å². The van der Waals surface area contributed by atoms with E-state index in [1.165, 1.54) is 0 Å². The second-order valence-electron chi connectivity index (χ2n) is 4.12. The number of ether oxygens (including phenoxy) is 1. The van der Waals surface area contributed by atoms with Gasteiger partial charge in [0, 0.05) is 6.61 Å². The number of nitrogens with zero attached hydrogens (tertiary/aromatic N) is 3. The Kier molecular flexibility index (Phi) is 4.71. The summed E-state index contributed by atoms with van der Waals surface area (Å²) in [6, 6.07) is -0.108. The largest absolute Gasteiger partial charge is 0.379 e. The molecule has 1 rings (SSSR count). The molecule has 0 aliphatic rings. The van der Waals surface area contributed by atoms with Gasteiger partial charge in [-0.15, -0.1) is 0 Å². The predicted octanol–water partition coefficient (Wildman–Crippen LogP) is 0.970. The second kappa shape index (κ2) is 5.82. The van der Waals surface area contributed by atoms with Gasteiger partial charge in [0.25, 0.3) is 0 Å². The molecule has 1 atom stereocenters. The average molecular weight is 212 g/mol. The first-order valence-corrected chi connectivity index (χ1v) is 5.32. The molecule has 0 bridgehead atoms. The molecule has 15 heavy (non-hydrogen) atoms. The van der Waals surface area contributed by atoms with Crippen LogP contribution in [-0.4, -0.2) is 28.0 Å². The molecule has 0 spiro atoms. The summed E-state index contributed by atoms with van der Waals surface area (Å²) in [4.78, 5) is 4.10. The molecule has 1 heterocycles. The van der Waals surface area contributed by atoms with Crippen molar-refractivity contribution >= 4 is 0 Å². The number of rotatable bonds is 6. The Morgan fingerprint density at radius 2 is 2.20 bits per heavy atom. The Labute approximate surface area is 90.6 Å². The highest BCUT2D eigenvalue weighted by Gasteiger charge is 2.04. The van der Waals surface area contributed by atoms with Crippen molar-refractivity contribution < 1.29 is 4.74 Å². The normalized spacial score (nSPS) is 13.4. The van der Waals surface area contributed by atoms with E-state index in [1.807, 2.05) is 6.92 Å². The predicted molar refractivity (Wildman–Crippen MR) is 58.3 cm³/mol. The zero-order valence-electron chi connectivity index (χ0n) is 9.68. The monoisotopic (exact) mass is 212 g/mol. The van der Waals surface area contributed by atoms with Crippen molar-refractivity contribution in [1.82, 2.24) is 14.8 Å². The molecular weight excluding hydrogens is 192 g/mol. The van der Waals surface area contributed by atoms with E-state index >= 15 is 0 Å². The molecule has 5 heteroatoms. The molecule has 86 valence electrons. The van der Waals surface area contributed by atoms with Gasteiger partial charge in [-0.05, 0) is 12.8 Å². The van der Waals surface area contributed by atoms with Crippen molar-refractivity contribution in [2.75, 3.05) is 13.2 Å². The molecule has 5 nitrogen and oxygen atoms in total. The van der Waals surface area contributed by atoms with Crippen LogP contribution in [0.1, 0.15) is 32.6 Å². The van der Waals surface area contributed by atoms with Crippen molar-refractivity contribution in [2.45, 2.75) is 33.4 Å². The zero-order chi connectivity index (χ0) is 11.3. The summed E-state index contributed by atoms with van der Waals surface area (Å²) in [6.07, 6.45) is 1.69. The molecule has 1 aromatic rings. The van der Waals surface area contributed by atoms with Gasteiger partial charge < -0.3 is 10.5 Å². The molecule has 0 saturated carbocycles. The lowest BCUT2D eigenvalue weighted by atomic mass is 10.2. The van der Waals surface area contributed by atoms with Gasteiger partial charge in [-0.3, -0.25) is 4.68 Å². The van der Waals surface area contributed by atoms with Crippen molar-refractivity contribution in [3.8, 4) is 0 Å². The highest BCUT2D eigenvalue weighted by atomic mass is 16.5. The van der Waals surface area contributed by atoms with E-state index < -0.39 is 0 Å². The fourth-order valence-corrected chi connectivity index (χ4v) is 1.10. The van der Waals surface area contributed by atoms with Crippen LogP contribution in [0.2, 0.25) is 0 Å². The SMILES string of the molecule is CC(C)COCCn1cnc(C(C)N)n1. The first-order valence-electron chi connectivity index (χ1n) is 5.32. The van der Waals surface area contributed by atoms with Crippen LogP contribution in [0.15, 0.2) is 6.33 Å². The molecule has 1 unspecified atom stereocenters. The first-order chi connectivity index (χ1) is 7.09. The van der Waals surface area contributed by atoms with Crippen molar-refractivity contribution in [3.63, 3.8) is 0 Å². The van der Waals surface area contributed by atoms with Crippen molar-refractivity contribution in [3.05, 3.63) is 12.2 Å². The number of aromatic nitrogens is 3. The fraction of sp³-hybridized carbons (Fsp3) is 0.800. The van der Waals surface area contributed by atoms with Gasteiger partial charge in [0.15, 0.2) is 5.82 Å². The summed E-state index contributed by atoms with van der Waals surface area (Å²) >= 11 is 0. The van der Waals surface area contributed by atoms with Crippen LogP contribution in [0.3, 0.4) is 0 Å². The van der Waals surface area contributed by atoms with Crippen LogP contribution in [0.4, 0.5) is 0 Å². The quantitative estimate of drug-likeness (QED) is 0.714. The summed E-state index contributed by atoms with van der Waals surface area (Å²) < 4.78 is 7.21. The smallest absolute Gasteiger partial charge is 0.166 e. The Morgan fingerprint density at radius 3 is 2.73 bits per heavy atom. The average Bonchev–Trinajstić information content (AvgIpc) is 2.60. The molecule has 0 radical (unpaired) electrons. The maximum absolute atomic E-state index is 5.65. The van der Waals surface area contributed by atoms with Gasteiger partial charge in [0.1, 0.15) is 6.33 Å². The maximum atomic E-state index is 5.65. The second-order valence-corrected chi connectivity index (χ2v) is 4.12. The van der Waals surface area contributed by atoms with Gasteiger partial charge in [-0.1, -0.05) is 13.8 Å². The number of hydrogen-bond acceptors (Lipinski definition) is 4. The third-order valence-electron chi connectivity index (χ3n) is 1.88. The minimum Gasteiger partial charge on any atom is -0.379 e. The molecule has 0 amide bonds. The Hall–Kier alpha value is -0.940. The van der Waals surface area contributed by atoms with E-state index in [-0.39, 0.29) is 6.04 Å². The fourth-order valence-electron chi connectivity index (χ4n) is 1.10. The zero-order valence-corrected chi connectivity index (χ0v) is 9.68. The molecule has 0 fully saturated rings. The number of nitrogens with two attached hydrogens (primary N) is 1. The molecule has 0 aliphatic carbocycles. The van der Waals surface area contributed by atoms with E-state index in [0.29, 0.717) is 18.3 Å². The lowest BCUT2D eigenvalue weighted by Gasteiger charge is -2.06. The summed E-state index contributed by atoms with van der Waals surface area (Å²) in [5.74, 6) is 1.25. The van der Waals surface area contributed by atoms with Gasteiger partial charge in [-0.2, -0.15) is 5.10 Å². The van der Waals surface area contributed by atoms with Gasteiger partial charge in [0.2, 0.25) is 0 Å². The lowest BCUT2D eigenvalue weighted by Crippen LogP contribution is -2.11. The highest BCUT2D eigenvalue weighted by molar-refractivity contribution is 4.87. The Bertz CT molecular complexity index is 283. The van der Waals surface area contributed by atoms with E-state index in [2.05, 4.69) is 23.9 Å². The van der Waals surface area contributed by atoms with E-state index in [1.54, 1.807) is 11.0 Å². The van der Waals surface area contributed by atoms with Crippen LogP contribution in [0.25, 0.3) is 0 Å². The van der Waals surface area contributed by atoms with Crippen LogP contribution in [0.5, 0.6) is 0 Å². The molecular formula is C10H20N4O. The first kappa shape index (κ1) is 12.1. The topological polar surface area (TPSA) is 66.0 Å². The number of hydrogen-bond donors (Lipinski definition) is 1. The summed E-state index contributed by atoms with van der Waals surface area (Å²) in [5, 5.41) is 4.23. The summed E-state index contributed by atoms with van der Waals surface area (Å²) in [5.41, 5.74) is 5.65.